The summed E-state index contributed by atoms with van der Waals surface area (Å²) in [5, 5.41) is 6.47. The second kappa shape index (κ2) is 6.65. The van der Waals surface area contributed by atoms with Crippen LogP contribution in [0.3, 0.4) is 0 Å². The van der Waals surface area contributed by atoms with Gasteiger partial charge in [-0.3, -0.25) is 4.79 Å². The van der Waals surface area contributed by atoms with E-state index in [1.165, 1.54) is 12.8 Å². The smallest absolute Gasteiger partial charge is 0.224 e. The van der Waals surface area contributed by atoms with E-state index in [2.05, 4.69) is 10.6 Å². The first-order chi connectivity index (χ1) is 11.0. The number of carbonyl (C=O) groups is 1. The highest BCUT2D eigenvalue weighted by atomic mass is 35.5. The Morgan fingerprint density at radius 1 is 1.21 bits per heavy atom. The van der Waals surface area contributed by atoms with Crippen LogP contribution in [0.1, 0.15) is 37.7 Å². The highest BCUT2D eigenvalue weighted by Gasteiger charge is 2.34. The lowest BCUT2D eigenvalue weighted by atomic mass is 9.89. The summed E-state index contributed by atoms with van der Waals surface area (Å²) in [6.07, 6.45) is 5.70. The zero-order chi connectivity index (χ0) is 16.0. The van der Waals surface area contributed by atoms with Crippen LogP contribution in [0.25, 0.3) is 0 Å². The highest BCUT2D eigenvalue weighted by Crippen LogP contribution is 2.33. The zero-order valence-electron chi connectivity index (χ0n) is 13.5. The van der Waals surface area contributed by atoms with Gasteiger partial charge in [-0.2, -0.15) is 0 Å². The predicted molar refractivity (Wildman–Crippen MR) is 95.4 cm³/mol. The van der Waals surface area contributed by atoms with Crippen LogP contribution in [-0.2, 0) is 21.1 Å². The van der Waals surface area contributed by atoms with Gasteiger partial charge in [0.15, 0.2) is 9.84 Å². The molecule has 1 aromatic rings. The fourth-order valence-electron chi connectivity index (χ4n) is 4.30. The van der Waals surface area contributed by atoms with Crippen LogP contribution >= 0.6 is 12.4 Å². The number of rotatable bonds is 3. The summed E-state index contributed by atoms with van der Waals surface area (Å²) < 4.78 is 23.9. The van der Waals surface area contributed by atoms with E-state index in [1.807, 2.05) is 12.1 Å². The summed E-state index contributed by atoms with van der Waals surface area (Å²) in [5.41, 5.74) is 1.45. The number of anilines is 1. The number of nitrogens with one attached hydrogen (secondary N) is 2. The molecule has 2 unspecified atom stereocenters. The van der Waals surface area contributed by atoms with Crippen molar-refractivity contribution in [3.05, 3.63) is 23.8 Å². The Hall–Kier alpha value is -1.11. The molecule has 0 saturated carbocycles. The van der Waals surface area contributed by atoms with Crippen LogP contribution in [0.2, 0.25) is 0 Å². The molecule has 1 amide bonds. The number of piperidine rings is 1. The molecule has 0 radical (unpaired) electrons. The first-order valence-corrected chi connectivity index (χ1v) is 10.1. The molecule has 7 heteroatoms. The number of hydrogen-bond acceptors (Lipinski definition) is 4. The minimum Gasteiger partial charge on any atom is -0.326 e. The molecule has 2 bridgehead atoms. The first kappa shape index (κ1) is 17.7. The average molecular weight is 371 g/mol. The van der Waals surface area contributed by atoms with Crippen LogP contribution in [-0.4, -0.2) is 32.2 Å². The van der Waals surface area contributed by atoms with Crippen molar-refractivity contribution in [1.82, 2.24) is 5.32 Å². The van der Waals surface area contributed by atoms with E-state index in [-0.39, 0.29) is 24.1 Å². The third-order valence-electron chi connectivity index (χ3n) is 5.37. The Morgan fingerprint density at radius 3 is 2.62 bits per heavy atom. The SMILES string of the molecule is Cl.O=C(CC1CC2CCC(C1)N2)Nc1ccc2c(c1)S(=O)(=O)CC2. The van der Waals surface area contributed by atoms with Crippen molar-refractivity contribution in [2.24, 2.45) is 5.92 Å². The first-order valence-electron chi connectivity index (χ1n) is 8.41. The molecule has 0 aromatic heterocycles. The molecular weight excluding hydrogens is 348 g/mol. The quantitative estimate of drug-likeness (QED) is 0.856. The molecule has 2 fully saturated rings. The van der Waals surface area contributed by atoms with Gasteiger partial charge in [-0.05, 0) is 55.7 Å². The van der Waals surface area contributed by atoms with Crippen LogP contribution < -0.4 is 10.6 Å². The van der Waals surface area contributed by atoms with E-state index >= 15 is 0 Å². The number of benzene rings is 1. The van der Waals surface area contributed by atoms with Gasteiger partial charge in [0.2, 0.25) is 5.91 Å². The third kappa shape index (κ3) is 3.46. The molecule has 2 N–H and O–H groups in total. The van der Waals surface area contributed by atoms with Crippen molar-refractivity contribution in [3.63, 3.8) is 0 Å². The van der Waals surface area contributed by atoms with E-state index in [9.17, 15) is 13.2 Å². The Balaban J connectivity index is 0.00000169. The minimum absolute atomic E-state index is 0. The maximum atomic E-state index is 12.3. The summed E-state index contributed by atoms with van der Waals surface area (Å²) in [7, 11) is -3.16. The zero-order valence-corrected chi connectivity index (χ0v) is 15.1. The highest BCUT2D eigenvalue weighted by molar-refractivity contribution is 7.91. The molecule has 24 heavy (non-hydrogen) atoms. The van der Waals surface area contributed by atoms with Crippen LogP contribution in [0.15, 0.2) is 23.1 Å². The van der Waals surface area contributed by atoms with Crippen molar-refractivity contribution < 1.29 is 13.2 Å². The fourth-order valence-corrected chi connectivity index (χ4v) is 5.88. The Morgan fingerprint density at radius 2 is 1.92 bits per heavy atom. The van der Waals surface area contributed by atoms with Gasteiger partial charge in [-0.1, -0.05) is 6.07 Å². The predicted octanol–water partition coefficient (Wildman–Crippen LogP) is 2.30. The van der Waals surface area contributed by atoms with E-state index < -0.39 is 9.84 Å². The van der Waals surface area contributed by atoms with Crippen molar-refractivity contribution in [2.45, 2.75) is 55.5 Å². The molecule has 5 nitrogen and oxygen atoms in total. The lowest BCUT2D eigenvalue weighted by molar-refractivity contribution is -0.117. The van der Waals surface area contributed by atoms with Gasteiger partial charge in [0, 0.05) is 24.2 Å². The molecule has 3 heterocycles. The summed E-state index contributed by atoms with van der Waals surface area (Å²) >= 11 is 0. The van der Waals surface area contributed by atoms with E-state index in [0.717, 1.165) is 18.4 Å². The van der Waals surface area contributed by atoms with Crippen LogP contribution in [0, 0.1) is 5.92 Å². The molecule has 2 saturated heterocycles. The molecule has 0 spiro atoms. The summed E-state index contributed by atoms with van der Waals surface area (Å²) in [4.78, 5) is 12.7. The molecule has 2 atom stereocenters. The molecular formula is C17H23ClN2O3S. The number of hydrogen-bond donors (Lipinski definition) is 2. The maximum absolute atomic E-state index is 12.3. The summed E-state index contributed by atoms with van der Waals surface area (Å²) in [6.45, 7) is 0. The Kier molecular flexibility index (Phi) is 4.91. The minimum atomic E-state index is -3.16. The Labute approximate surface area is 148 Å². The molecule has 0 aliphatic carbocycles. The maximum Gasteiger partial charge on any atom is 0.224 e. The van der Waals surface area contributed by atoms with Crippen LogP contribution in [0.5, 0.6) is 0 Å². The van der Waals surface area contributed by atoms with Gasteiger partial charge in [-0.15, -0.1) is 12.4 Å². The number of sulfone groups is 1. The molecule has 3 aliphatic rings. The molecule has 1 aromatic carbocycles. The normalized spacial score (nSPS) is 29.6. The topological polar surface area (TPSA) is 75.3 Å². The Bertz CT molecular complexity index is 738. The lowest BCUT2D eigenvalue weighted by Gasteiger charge is -2.28. The van der Waals surface area contributed by atoms with Crippen molar-refractivity contribution in [1.29, 1.82) is 0 Å². The van der Waals surface area contributed by atoms with Crippen molar-refractivity contribution in [2.75, 3.05) is 11.1 Å². The third-order valence-corrected chi connectivity index (χ3v) is 7.16. The largest absolute Gasteiger partial charge is 0.326 e. The molecule has 132 valence electrons. The monoisotopic (exact) mass is 370 g/mol. The van der Waals surface area contributed by atoms with Gasteiger partial charge in [-0.25, -0.2) is 8.42 Å². The van der Waals surface area contributed by atoms with Gasteiger partial charge in [0.05, 0.1) is 10.6 Å². The molecule has 3 aliphatic heterocycles. The number of fused-ring (bicyclic) bond motifs is 3. The van der Waals surface area contributed by atoms with Crippen molar-refractivity contribution >= 4 is 33.8 Å². The average Bonchev–Trinajstić information content (AvgIpc) is 2.99. The van der Waals surface area contributed by atoms with Gasteiger partial charge in [0.25, 0.3) is 0 Å². The number of aryl methyl sites for hydroxylation is 1. The van der Waals surface area contributed by atoms with Gasteiger partial charge < -0.3 is 10.6 Å². The lowest BCUT2D eigenvalue weighted by Crippen LogP contribution is -2.39. The number of halogens is 1. The van der Waals surface area contributed by atoms with Crippen molar-refractivity contribution in [3.8, 4) is 0 Å². The van der Waals surface area contributed by atoms with E-state index in [4.69, 9.17) is 0 Å². The number of amides is 1. The summed E-state index contributed by atoms with van der Waals surface area (Å²) in [6, 6.07) is 6.40. The standard InChI is InChI=1S/C17H22N2O3S.ClH/c20-17(9-11-7-13-3-4-14(8-11)18-13)19-15-2-1-12-5-6-23(21,22)16(12)10-15;/h1-2,10-11,13-14,18H,3-9H2,(H,19,20);1H. The van der Waals surface area contributed by atoms with Gasteiger partial charge >= 0.3 is 0 Å². The van der Waals surface area contributed by atoms with E-state index in [1.54, 1.807) is 6.07 Å². The second-order valence-corrected chi connectivity index (χ2v) is 9.20. The summed E-state index contributed by atoms with van der Waals surface area (Å²) in [5.74, 6) is 0.607. The second-order valence-electron chi connectivity index (χ2n) is 7.12. The fraction of sp³-hybridized carbons (Fsp3) is 0.588. The van der Waals surface area contributed by atoms with Crippen LogP contribution in [0.4, 0.5) is 5.69 Å². The number of carbonyl (C=O) groups excluding carboxylic acids is 1. The van der Waals surface area contributed by atoms with Gasteiger partial charge in [0.1, 0.15) is 0 Å². The van der Waals surface area contributed by atoms with E-state index in [0.29, 0.717) is 41.4 Å². The molecule has 4 rings (SSSR count).